The molecule has 0 saturated heterocycles. The van der Waals surface area contributed by atoms with Crippen molar-refractivity contribution in [2.24, 2.45) is 5.41 Å². The summed E-state index contributed by atoms with van der Waals surface area (Å²) in [5.74, 6) is -1.82. The molecule has 0 aromatic heterocycles. The van der Waals surface area contributed by atoms with Gasteiger partial charge in [0, 0.05) is 6.08 Å². The smallest absolute Gasteiger partial charge is 0.344 e. The average molecular weight is 373 g/mol. The van der Waals surface area contributed by atoms with Crippen molar-refractivity contribution in [2.75, 3.05) is 0 Å². The lowest BCUT2D eigenvalue weighted by Crippen LogP contribution is -2.22. The van der Waals surface area contributed by atoms with Crippen LogP contribution in [0.25, 0.3) is 0 Å². The molecule has 0 radical (unpaired) electrons. The van der Waals surface area contributed by atoms with Gasteiger partial charge in [-0.25, -0.2) is 9.59 Å². The molecule has 4 heteroatoms. The van der Waals surface area contributed by atoms with Crippen LogP contribution in [0.4, 0.5) is 0 Å². The third-order valence-corrected chi connectivity index (χ3v) is 4.76. The molecular weight excluding hydrogens is 340 g/mol. The molecule has 4 nitrogen and oxygen atoms in total. The maximum Gasteiger partial charge on any atom is 0.344 e. The van der Waals surface area contributed by atoms with E-state index < -0.39 is 18.0 Å². The highest BCUT2D eigenvalue weighted by molar-refractivity contribution is 5.86. The Labute approximate surface area is 163 Å². The quantitative estimate of drug-likeness (QED) is 0.362. The first kappa shape index (κ1) is 22.7. The molecule has 0 heterocycles. The first-order valence-electron chi connectivity index (χ1n) is 9.38. The molecule has 27 heavy (non-hydrogen) atoms. The Kier molecular flexibility index (Phi) is 8.48. The van der Waals surface area contributed by atoms with Crippen LogP contribution in [0.2, 0.25) is 0 Å². The lowest BCUT2D eigenvalue weighted by molar-refractivity contribution is -0.159. The summed E-state index contributed by atoms with van der Waals surface area (Å²) in [6.07, 6.45) is 13.8. The van der Waals surface area contributed by atoms with E-state index in [9.17, 15) is 9.59 Å². The molecule has 0 amide bonds. The van der Waals surface area contributed by atoms with Crippen LogP contribution in [-0.2, 0) is 14.3 Å². The Morgan fingerprint density at radius 2 is 1.85 bits per heavy atom. The Bertz CT molecular complexity index is 715. The molecule has 1 N–H and O–H groups in total. The third-order valence-electron chi connectivity index (χ3n) is 4.76. The van der Waals surface area contributed by atoms with Gasteiger partial charge in [-0.3, -0.25) is 0 Å². The van der Waals surface area contributed by atoms with Crippen molar-refractivity contribution in [1.29, 1.82) is 0 Å². The van der Waals surface area contributed by atoms with Crippen LogP contribution >= 0.6 is 0 Å². The molecule has 0 aromatic carbocycles. The summed E-state index contributed by atoms with van der Waals surface area (Å²) in [5, 5.41) is 8.73. The number of aliphatic carboxylic acids is 1. The summed E-state index contributed by atoms with van der Waals surface area (Å²) in [5.41, 5.74) is 4.93. The van der Waals surface area contributed by atoms with Crippen LogP contribution in [-0.4, -0.2) is 23.1 Å². The number of esters is 1. The van der Waals surface area contributed by atoms with Crippen molar-refractivity contribution < 1.29 is 19.4 Å². The van der Waals surface area contributed by atoms with Crippen LogP contribution in [0.1, 0.15) is 60.8 Å². The second-order valence-corrected chi connectivity index (χ2v) is 7.84. The fourth-order valence-corrected chi connectivity index (χ4v) is 3.13. The fourth-order valence-electron chi connectivity index (χ4n) is 3.13. The van der Waals surface area contributed by atoms with Crippen LogP contribution in [0, 0.1) is 5.41 Å². The SMILES string of the molecule is CC1=C(/C=C/C(C)=C/C=C/C(C)=C/C(=O)OC(C)C(=O)O)C(C)(C)CCC1. The van der Waals surface area contributed by atoms with Crippen LogP contribution < -0.4 is 0 Å². The molecule has 0 saturated carbocycles. The highest BCUT2D eigenvalue weighted by Crippen LogP contribution is 2.40. The number of carboxylic acid groups (broad SMARTS) is 1. The molecule has 0 bridgehead atoms. The number of ether oxygens (including phenoxy) is 1. The highest BCUT2D eigenvalue weighted by atomic mass is 16.6. The predicted molar refractivity (Wildman–Crippen MR) is 109 cm³/mol. The average Bonchev–Trinajstić information content (AvgIpc) is 2.53. The number of hydrogen-bond acceptors (Lipinski definition) is 3. The van der Waals surface area contributed by atoms with Crippen molar-refractivity contribution in [2.45, 2.75) is 66.9 Å². The monoisotopic (exact) mass is 372 g/mol. The Morgan fingerprint density at radius 1 is 1.19 bits per heavy atom. The topological polar surface area (TPSA) is 63.6 Å². The van der Waals surface area contributed by atoms with Crippen molar-refractivity contribution in [3.05, 3.63) is 58.7 Å². The molecule has 1 rings (SSSR count). The Balaban J connectivity index is 2.71. The molecule has 0 aromatic rings. The zero-order valence-corrected chi connectivity index (χ0v) is 17.3. The molecule has 1 unspecified atom stereocenters. The summed E-state index contributed by atoms with van der Waals surface area (Å²) in [6, 6.07) is 0. The molecule has 148 valence electrons. The van der Waals surface area contributed by atoms with Crippen LogP contribution in [0.15, 0.2) is 58.7 Å². The van der Waals surface area contributed by atoms with Gasteiger partial charge in [-0.2, -0.15) is 0 Å². The van der Waals surface area contributed by atoms with E-state index in [1.54, 1.807) is 13.0 Å². The second kappa shape index (κ2) is 10.1. The van der Waals surface area contributed by atoms with Crippen LogP contribution in [0.3, 0.4) is 0 Å². The van der Waals surface area contributed by atoms with Gasteiger partial charge < -0.3 is 9.84 Å². The van der Waals surface area contributed by atoms with Gasteiger partial charge in [0.2, 0.25) is 0 Å². The van der Waals surface area contributed by atoms with E-state index >= 15 is 0 Å². The van der Waals surface area contributed by atoms with E-state index in [1.165, 1.54) is 43.4 Å². The maximum atomic E-state index is 11.6. The third kappa shape index (κ3) is 7.81. The van der Waals surface area contributed by atoms with E-state index in [0.29, 0.717) is 5.57 Å². The highest BCUT2D eigenvalue weighted by Gasteiger charge is 2.26. The second-order valence-electron chi connectivity index (χ2n) is 7.84. The number of carbonyl (C=O) groups is 2. The normalized spacial score (nSPS) is 19.6. The van der Waals surface area contributed by atoms with E-state index in [2.05, 4.69) is 32.9 Å². The number of rotatable bonds is 7. The summed E-state index contributed by atoms with van der Waals surface area (Å²) in [7, 11) is 0. The van der Waals surface area contributed by atoms with Gasteiger partial charge in [0.1, 0.15) is 0 Å². The molecule has 1 atom stereocenters. The van der Waals surface area contributed by atoms with Crippen molar-refractivity contribution in [3.8, 4) is 0 Å². The van der Waals surface area contributed by atoms with Gasteiger partial charge >= 0.3 is 11.9 Å². The summed E-state index contributed by atoms with van der Waals surface area (Å²) in [6.45, 7) is 11.9. The van der Waals surface area contributed by atoms with E-state index in [1.807, 2.05) is 19.1 Å². The fraction of sp³-hybridized carbons (Fsp3) is 0.478. The van der Waals surface area contributed by atoms with Gasteiger partial charge in [0.25, 0.3) is 0 Å². The summed E-state index contributed by atoms with van der Waals surface area (Å²) >= 11 is 0. The van der Waals surface area contributed by atoms with Gasteiger partial charge in [-0.1, -0.05) is 55.4 Å². The lowest BCUT2D eigenvalue weighted by atomic mass is 9.72. The molecular formula is C23H32O4. The summed E-state index contributed by atoms with van der Waals surface area (Å²) < 4.78 is 4.76. The largest absolute Gasteiger partial charge is 0.479 e. The molecule has 1 aliphatic rings. The maximum absolute atomic E-state index is 11.6. The van der Waals surface area contributed by atoms with Crippen molar-refractivity contribution in [1.82, 2.24) is 0 Å². The van der Waals surface area contributed by atoms with Crippen molar-refractivity contribution >= 4 is 11.9 Å². The first-order valence-corrected chi connectivity index (χ1v) is 9.38. The van der Waals surface area contributed by atoms with Crippen molar-refractivity contribution in [3.63, 3.8) is 0 Å². The number of carbonyl (C=O) groups excluding carboxylic acids is 1. The van der Waals surface area contributed by atoms with E-state index in [4.69, 9.17) is 9.84 Å². The Hall–Kier alpha value is -2.36. The molecule has 0 fully saturated rings. The molecule has 0 spiro atoms. The lowest BCUT2D eigenvalue weighted by Gasteiger charge is -2.32. The van der Waals surface area contributed by atoms with Gasteiger partial charge in [-0.05, 0) is 63.5 Å². The first-order chi connectivity index (χ1) is 12.5. The van der Waals surface area contributed by atoms with E-state index in [0.717, 1.165) is 5.57 Å². The number of carboxylic acids is 1. The zero-order chi connectivity index (χ0) is 20.6. The predicted octanol–water partition coefficient (Wildman–Crippen LogP) is 5.53. The van der Waals surface area contributed by atoms with Crippen LogP contribution in [0.5, 0.6) is 0 Å². The Morgan fingerprint density at radius 3 is 2.44 bits per heavy atom. The zero-order valence-electron chi connectivity index (χ0n) is 17.3. The summed E-state index contributed by atoms with van der Waals surface area (Å²) in [4.78, 5) is 22.3. The number of hydrogen-bond donors (Lipinski definition) is 1. The van der Waals surface area contributed by atoms with E-state index in [-0.39, 0.29) is 5.41 Å². The number of allylic oxidation sites excluding steroid dienone is 9. The molecule has 0 aliphatic heterocycles. The van der Waals surface area contributed by atoms with Gasteiger partial charge in [0.05, 0.1) is 0 Å². The minimum atomic E-state index is -1.17. The minimum absolute atomic E-state index is 0.224. The standard InChI is InChI=1S/C23H32O4/c1-16(12-13-20-18(3)11-8-14-23(20,5)6)9-7-10-17(2)15-21(24)27-19(4)22(25)26/h7,9-10,12-13,15,19H,8,11,14H2,1-6H3,(H,25,26)/b10-7+,13-12+,16-9+,17-15+. The van der Waals surface area contributed by atoms with Gasteiger partial charge in [-0.15, -0.1) is 0 Å². The molecule has 1 aliphatic carbocycles. The van der Waals surface area contributed by atoms with Gasteiger partial charge in [0.15, 0.2) is 6.10 Å². The minimum Gasteiger partial charge on any atom is -0.479 e.